The zero-order valence-corrected chi connectivity index (χ0v) is 19.8. The van der Waals surface area contributed by atoms with Crippen LogP contribution in [0.1, 0.15) is 37.8 Å². The number of imide groups is 1. The number of ether oxygens (including phenoxy) is 2. The predicted molar refractivity (Wildman–Crippen MR) is 134 cm³/mol. The van der Waals surface area contributed by atoms with Crippen molar-refractivity contribution in [3.8, 4) is 11.5 Å². The average Bonchev–Trinajstić information content (AvgIpc) is 3.09. The molecule has 1 aliphatic heterocycles. The van der Waals surface area contributed by atoms with E-state index >= 15 is 0 Å². The number of anilines is 2. The van der Waals surface area contributed by atoms with E-state index in [-0.39, 0.29) is 11.6 Å². The van der Waals surface area contributed by atoms with E-state index < -0.39 is 5.91 Å². The Hall–Kier alpha value is -4.06. The lowest BCUT2D eigenvalue weighted by Gasteiger charge is -2.16. The van der Waals surface area contributed by atoms with Crippen molar-refractivity contribution in [1.29, 1.82) is 0 Å². The molecule has 6 heteroatoms. The zero-order valence-electron chi connectivity index (χ0n) is 19.8. The first kappa shape index (κ1) is 23.1. The summed E-state index contributed by atoms with van der Waals surface area (Å²) in [5, 5.41) is 3.21. The maximum absolute atomic E-state index is 13.6. The fourth-order valence-electron chi connectivity index (χ4n) is 3.86. The highest BCUT2D eigenvalue weighted by atomic mass is 16.5. The number of carbonyl (C=O) groups excluding carboxylic acids is 2. The van der Waals surface area contributed by atoms with Gasteiger partial charge in [0.2, 0.25) is 0 Å². The van der Waals surface area contributed by atoms with Crippen LogP contribution < -0.4 is 19.7 Å². The monoisotopic (exact) mass is 456 g/mol. The standard InChI is InChI=1S/C28H28N2O4/c1-5-34-24-14-8-20(9-15-24)25-26(29-21-10-6-19(7-11-21)18(2)3)28(32)30(27(25)31)22-12-16-23(33-4)17-13-22/h6-18,29H,5H2,1-4H3. The first-order valence-corrected chi connectivity index (χ1v) is 11.3. The fraction of sp³-hybridized carbons (Fsp3) is 0.214. The van der Waals surface area contributed by atoms with Crippen LogP contribution >= 0.6 is 0 Å². The third kappa shape index (κ3) is 4.53. The Balaban J connectivity index is 1.74. The molecule has 0 radical (unpaired) electrons. The van der Waals surface area contributed by atoms with E-state index in [1.54, 1.807) is 55.6 Å². The molecule has 0 saturated carbocycles. The number of nitrogens with zero attached hydrogens (tertiary/aromatic N) is 1. The van der Waals surface area contributed by atoms with Crippen molar-refractivity contribution >= 4 is 28.8 Å². The van der Waals surface area contributed by atoms with Crippen LogP contribution in [-0.2, 0) is 9.59 Å². The number of hydrogen-bond acceptors (Lipinski definition) is 5. The molecule has 3 aromatic rings. The topological polar surface area (TPSA) is 67.9 Å². The van der Waals surface area contributed by atoms with Crippen molar-refractivity contribution in [3.63, 3.8) is 0 Å². The van der Waals surface area contributed by atoms with Crippen molar-refractivity contribution in [2.24, 2.45) is 0 Å². The Morgan fingerprint density at radius 2 is 1.44 bits per heavy atom. The van der Waals surface area contributed by atoms with Crippen LogP contribution in [-0.4, -0.2) is 25.5 Å². The predicted octanol–water partition coefficient (Wildman–Crippen LogP) is 5.61. The van der Waals surface area contributed by atoms with Crippen molar-refractivity contribution in [1.82, 2.24) is 0 Å². The Morgan fingerprint density at radius 3 is 2.00 bits per heavy atom. The molecule has 0 spiro atoms. The summed E-state index contributed by atoms with van der Waals surface area (Å²) in [6.45, 7) is 6.71. The van der Waals surface area contributed by atoms with Crippen LogP contribution in [0.25, 0.3) is 5.57 Å². The molecule has 2 amide bonds. The maximum atomic E-state index is 13.6. The van der Waals surface area contributed by atoms with Crippen LogP contribution in [0.15, 0.2) is 78.5 Å². The minimum atomic E-state index is -0.410. The van der Waals surface area contributed by atoms with Crippen molar-refractivity contribution in [2.45, 2.75) is 26.7 Å². The van der Waals surface area contributed by atoms with E-state index in [0.29, 0.717) is 40.8 Å². The van der Waals surface area contributed by atoms with E-state index in [0.717, 1.165) is 5.69 Å². The van der Waals surface area contributed by atoms with Gasteiger partial charge in [-0.15, -0.1) is 0 Å². The molecular formula is C28H28N2O4. The van der Waals surface area contributed by atoms with Crippen molar-refractivity contribution in [3.05, 3.63) is 89.6 Å². The molecule has 174 valence electrons. The van der Waals surface area contributed by atoms with E-state index in [4.69, 9.17) is 9.47 Å². The smallest absolute Gasteiger partial charge is 0.282 e. The van der Waals surface area contributed by atoms with Crippen LogP contribution in [0.2, 0.25) is 0 Å². The number of hydrogen-bond donors (Lipinski definition) is 1. The lowest BCUT2D eigenvalue weighted by molar-refractivity contribution is -0.120. The molecule has 1 N–H and O–H groups in total. The van der Waals surface area contributed by atoms with Gasteiger partial charge >= 0.3 is 0 Å². The number of rotatable bonds is 8. The Bertz CT molecular complexity index is 1210. The lowest BCUT2D eigenvalue weighted by atomic mass is 10.0. The second kappa shape index (κ2) is 9.83. The molecule has 0 unspecified atom stereocenters. The maximum Gasteiger partial charge on any atom is 0.282 e. The number of methoxy groups -OCH3 is 1. The van der Waals surface area contributed by atoms with E-state index in [9.17, 15) is 9.59 Å². The van der Waals surface area contributed by atoms with E-state index in [1.165, 1.54) is 10.5 Å². The third-order valence-electron chi connectivity index (χ3n) is 5.72. The minimum Gasteiger partial charge on any atom is -0.497 e. The van der Waals surface area contributed by atoms with Crippen molar-refractivity contribution < 1.29 is 19.1 Å². The molecule has 4 rings (SSSR count). The molecule has 0 saturated heterocycles. The van der Waals surface area contributed by atoms with Crippen molar-refractivity contribution in [2.75, 3.05) is 23.9 Å². The van der Waals surface area contributed by atoms with Gasteiger partial charge in [0.1, 0.15) is 17.2 Å². The van der Waals surface area contributed by atoms with E-state index in [2.05, 4.69) is 19.2 Å². The van der Waals surface area contributed by atoms with Gasteiger partial charge in [0.15, 0.2) is 0 Å². The lowest BCUT2D eigenvalue weighted by Crippen LogP contribution is -2.32. The first-order valence-electron chi connectivity index (χ1n) is 11.3. The summed E-state index contributed by atoms with van der Waals surface area (Å²) >= 11 is 0. The molecule has 0 atom stereocenters. The van der Waals surface area contributed by atoms with Crippen LogP contribution in [0.4, 0.5) is 11.4 Å². The van der Waals surface area contributed by atoms with Gasteiger partial charge in [-0.2, -0.15) is 0 Å². The highest BCUT2D eigenvalue weighted by Crippen LogP contribution is 2.35. The molecule has 0 bridgehead atoms. The summed E-state index contributed by atoms with van der Waals surface area (Å²) in [5.74, 6) is 0.945. The van der Waals surface area contributed by atoms with Gasteiger partial charge in [0, 0.05) is 5.69 Å². The average molecular weight is 457 g/mol. The number of benzene rings is 3. The first-order chi connectivity index (χ1) is 16.4. The Morgan fingerprint density at radius 1 is 0.824 bits per heavy atom. The zero-order chi connectivity index (χ0) is 24.2. The molecule has 0 aromatic heterocycles. The van der Waals surface area contributed by atoms with Crippen LogP contribution in [0.5, 0.6) is 11.5 Å². The molecule has 34 heavy (non-hydrogen) atoms. The Labute approximate surface area is 199 Å². The summed E-state index contributed by atoms with van der Waals surface area (Å²) in [4.78, 5) is 28.3. The van der Waals surface area contributed by atoms with Gasteiger partial charge in [0.05, 0.1) is 25.0 Å². The number of amides is 2. The molecule has 1 aliphatic rings. The largest absolute Gasteiger partial charge is 0.497 e. The van der Waals surface area contributed by atoms with Gasteiger partial charge in [-0.05, 0) is 72.5 Å². The number of carbonyl (C=O) groups is 2. The van der Waals surface area contributed by atoms with Crippen LogP contribution in [0.3, 0.4) is 0 Å². The molecule has 3 aromatic carbocycles. The molecule has 0 aliphatic carbocycles. The summed E-state index contributed by atoms with van der Waals surface area (Å²) in [6.07, 6.45) is 0. The summed E-state index contributed by atoms with van der Waals surface area (Å²) in [6, 6.07) is 21.9. The second-order valence-electron chi connectivity index (χ2n) is 8.25. The van der Waals surface area contributed by atoms with E-state index in [1.807, 2.05) is 31.2 Å². The second-order valence-corrected chi connectivity index (χ2v) is 8.25. The quantitative estimate of drug-likeness (QED) is 0.446. The SMILES string of the molecule is CCOc1ccc(C2=C(Nc3ccc(C(C)C)cc3)C(=O)N(c3ccc(OC)cc3)C2=O)cc1. The summed E-state index contributed by atoms with van der Waals surface area (Å²) < 4.78 is 10.7. The minimum absolute atomic E-state index is 0.238. The molecule has 6 nitrogen and oxygen atoms in total. The molecule has 0 fully saturated rings. The Kier molecular flexibility index (Phi) is 6.68. The normalized spacial score (nSPS) is 13.6. The summed E-state index contributed by atoms with van der Waals surface area (Å²) in [7, 11) is 1.57. The van der Waals surface area contributed by atoms with Gasteiger partial charge < -0.3 is 14.8 Å². The molecular weight excluding hydrogens is 428 g/mol. The highest BCUT2D eigenvalue weighted by molar-refractivity contribution is 6.46. The van der Waals surface area contributed by atoms with Gasteiger partial charge in [-0.25, -0.2) is 4.90 Å². The number of nitrogens with one attached hydrogen (secondary N) is 1. The molecule has 1 heterocycles. The summed E-state index contributed by atoms with van der Waals surface area (Å²) in [5.41, 5.74) is 3.60. The van der Waals surface area contributed by atoms with Gasteiger partial charge in [0.25, 0.3) is 11.8 Å². The fourth-order valence-corrected chi connectivity index (χ4v) is 3.86. The third-order valence-corrected chi connectivity index (χ3v) is 5.72. The van der Waals surface area contributed by atoms with Gasteiger partial charge in [-0.1, -0.05) is 38.1 Å². The highest BCUT2D eigenvalue weighted by Gasteiger charge is 2.40. The van der Waals surface area contributed by atoms with Gasteiger partial charge in [-0.3, -0.25) is 9.59 Å². The van der Waals surface area contributed by atoms with Crippen LogP contribution in [0, 0.1) is 0 Å².